The lowest BCUT2D eigenvalue weighted by Crippen LogP contribution is -2.33. The number of rotatable bonds is 8. The Morgan fingerprint density at radius 1 is 1.14 bits per heavy atom. The van der Waals surface area contributed by atoms with Crippen molar-refractivity contribution in [2.75, 3.05) is 20.2 Å². The number of nitrogens with one attached hydrogen (secondary N) is 1. The molecule has 0 fully saturated rings. The molecule has 2 aromatic carbocycles. The van der Waals surface area contributed by atoms with Gasteiger partial charge in [-0.1, -0.05) is 29.8 Å². The number of aromatic amines is 1. The van der Waals surface area contributed by atoms with Crippen LogP contribution in [0.3, 0.4) is 0 Å². The minimum Gasteiger partial charge on any atom is -0.465 e. The summed E-state index contributed by atoms with van der Waals surface area (Å²) in [4.78, 5) is 26.9. The SMILES string of the molecule is Cc1ccc(S(=O)(=O)N(C)CC(=O)OCCCn2c(=O)[nH]c3ccccc32)cc1. The fourth-order valence-corrected chi connectivity index (χ4v) is 4.06. The van der Waals surface area contributed by atoms with Gasteiger partial charge < -0.3 is 9.72 Å². The number of aromatic nitrogens is 2. The molecule has 8 nitrogen and oxygen atoms in total. The Hall–Kier alpha value is -2.91. The van der Waals surface area contributed by atoms with Crippen LogP contribution in [0, 0.1) is 6.92 Å². The summed E-state index contributed by atoms with van der Waals surface area (Å²) in [6, 6.07) is 13.7. The van der Waals surface area contributed by atoms with E-state index in [1.54, 1.807) is 16.7 Å². The predicted molar refractivity (Wildman–Crippen MR) is 109 cm³/mol. The zero-order valence-electron chi connectivity index (χ0n) is 16.3. The molecule has 0 unspecified atom stereocenters. The summed E-state index contributed by atoms with van der Waals surface area (Å²) < 4.78 is 32.7. The molecule has 0 atom stereocenters. The van der Waals surface area contributed by atoms with E-state index in [4.69, 9.17) is 4.74 Å². The average Bonchev–Trinajstić information content (AvgIpc) is 3.00. The fourth-order valence-electron chi connectivity index (χ4n) is 2.94. The number of aryl methyl sites for hydroxylation is 2. The first-order valence-electron chi connectivity index (χ1n) is 9.15. The Balaban J connectivity index is 1.51. The first-order chi connectivity index (χ1) is 13.8. The van der Waals surface area contributed by atoms with Crippen LogP contribution in [0.2, 0.25) is 0 Å². The van der Waals surface area contributed by atoms with Gasteiger partial charge in [0, 0.05) is 13.6 Å². The van der Waals surface area contributed by atoms with Gasteiger partial charge in [-0.05, 0) is 37.6 Å². The summed E-state index contributed by atoms with van der Waals surface area (Å²) in [6.45, 7) is 1.95. The van der Waals surface area contributed by atoms with E-state index >= 15 is 0 Å². The minimum atomic E-state index is -3.76. The van der Waals surface area contributed by atoms with Gasteiger partial charge in [0.1, 0.15) is 6.54 Å². The number of fused-ring (bicyclic) bond motifs is 1. The Labute approximate surface area is 168 Å². The van der Waals surface area contributed by atoms with E-state index in [9.17, 15) is 18.0 Å². The van der Waals surface area contributed by atoms with Crippen LogP contribution in [0.25, 0.3) is 11.0 Å². The van der Waals surface area contributed by atoms with E-state index in [2.05, 4.69) is 4.98 Å². The topological polar surface area (TPSA) is 101 Å². The van der Waals surface area contributed by atoms with E-state index in [1.807, 2.05) is 31.2 Å². The summed E-state index contributed by atoms with van der Waals surface area (Å²) in [7, 11) is -2.43. The van der Waals surface area contributed by atoms with Crippen molar-refractivity contribution in [3.63, 3.8) is 0 Å². The lowest BCUT2D eigenvalue weighted by molar-refractivity contribution is -0.143. The number of para-hydroxylation sites is 2. The van der Waals surface area contributed by atoms with Crippen molar-refractivity contribution < 1.29 is 17.9 Å². The highest BCUT2D eigenvalue weighted by Crippen LogP contribution is 2.15. The molecule has 0 bridgehead atoms. The molecular weight excluding hydrogens is 394 g/mol. The molecule has 0 aliphatic heterocycles. The average molecular weight is 417 g/mol. The predicted octanol–water partition coefficient (Wildman–Crippen LogP) is 1.89. The number of hydrogen-bond acceptors (Lipinski definition) is 5. The van der Waals surface area contributed by atoms with Crippen LogP contribution in [-0.4, -0.2) is 48.4 Å². The summed E-state index contributed by atoms with van der Waals surface area (Å²) in [6.07, 6.45) is 0.432. The smallest absolute Gasteiger partial charge is 0.326 e. The Morgan fingerprint density at radius 3 is 2.55 bits per heavy atom. The van der Waals surface area contributed by atoms with E-state index in [-0.39, 0.29) is 23.7 Å². The number of sulfonamides is 1. The quantitative estimate of drug-likeness (QED) is 0.446. The molecule has 0 amide bonds. The van der Waals surface area contributed by atoms with Crippen LogP contribution >= 0.6 is 0 Å². The van der Waals surface area contributed by atoms with Crippen molar-refractivity contribution in [1.29, 1.82) is 0 Å². The maximum Gasteiger partial charge on any atom is 0.326 e. The Morgan fingerprint density at radius 2 is 1.83 bits per heavy atom. The standard InChI is InChI=1S/C20H23N3O5S/c1-15-8-10-16(11-9-15)29(26,27)22(2)14-19(24)28-13-5-12-23-18-7-4-3-6-17(18)21-20(23)25/h3-4,6-11H,5,12-14H2,1-2H3,(H,21,25). The number of carbonyl (C=O) groups excluding carboxylic acids is 1. The monoisotopic (exact) mass is 417 g/mol. The third-order valence-corrected chi connectivity index (χ3v) is 6.37. The Kier molecular flexibility index (Phi) is 6.19. The van der Waals surface area contributed by atoms with Crippen molar-refractivity contribution in [3.8, 4) is 0 Å². The molecule has 1 aromatic heterocycles. The van der Waals surface area contributed by atoms with Gasteiger partial charge in [0.2, 0.25) is 10.0 Å². The van der Waals surface area contributed by atoms with Gasteiger partial charge in [0.05, 0.1) is 22.5 Å². The van der Waals surface area contributed by atoms with Gasteiger partial charge in [0.25, 0.3) is 0 Å². The third kappa shape index (κ3) is 4.75. The second kappa shape index (κ2) is 8.62. The highest BCUT2D eigenvalue weighted by atomic mass is 32.2. The van der Waals surface area contributed by atoms with Crippen LogP contribution in [0.5, 0.6) is 0 Å². The number of imidazole rings is 1. The second-order valence-electron chi connectivity index (χ2n) is 6.75. The fraction of sp³-hybridized carbons (Fsp3) is 0.300. The summed E-state index contributed by atoms with van der Waals surface area (Å²) in [5.41, 5.74) is 2.26. The van der Waals surface area contributed by atoms with Crippen LogP contribution in [0.15, 0.2) is 58.2 Å². The number of esters is 1. The first kappa shape index (κ1) is 20.8. The van der Waals surface area contributed by atoms with Crippen molar-refractivity contribution >= 4 is 27.0 Å². The lowest BCUT2D eigenvalue weighted by atomic mass is 10.2. The molecule has 3 aromatic rings. The molecule has 0 aliphatic rings. The summed E-state index contributed by atoms with van der Waals surface area (Å²) in [5.74, 6) is -0.644. The van der Waals surface area contributed by atoms with Crippen LogP contribution < -0.4 is 5.69 Å². The van der Waals surface area contributed by atoms with Gasteiger partial charge in [-0.25, -0.2) is 13.2 Å². The van der Waals surface area contributed by atoms with Crippen molar-refractivity contribution in [2.45, 2.75) is 24.8 Å². The van der Waals surface area contributed by atoms with E-state index in [0.29, 0.717) is 13.0 Å². The normalized spacial score (nSPS) is 11.8. The minimum absolute atomic E-state index is 0.0865. The maximum atomic E-state index is 12.5. The molecular formula is C20H23N3O5S. The maximum absolute atomic E-state index is 12.5. The second-order valence-corrected chi connectivity index (χ2v) is 8.79. The molecule has 29 heavy (non-hydrogen) atoms. The molecule has 3 rings (SSSR count). The van der Waals surface area contributed by atoms with Crippen molar-refractivity contribution in [3.05, 3.63) is 64.6 Å². The molecule has 0 saturated heterocycles. The summed E-state index contributed by atoms with van der Waals surface area (Å²) >= 11 is 0. The van der Waals surface area contributed by atoms with Crippen LogP contribution in [0.4, 0.5) is 0 Å². The molecule has 0 spiro atoms. The first-order valence-corrected chi connectivity index (χ1v) is 10.6. The van der Waals surface area contributed by atoms with E-state index in [0.717, 1.165) is 20.9 Å². The van der Waals surface area contributed by atoms with Gasteiger partial charge in [-0.15, -0.1) is 0 Å². The molecule has 1 N–H and O–H groups in total. The third-order valence-electron chi connectivity index (χ3n) is 4.55. The molecule has 0 radical (unpaired) electrons. The van der Waals surface area contributed by atoms with Crippen LogP contribution in [-0.2, 0) is 26.1 Å². The number of hydrogen-bond donors (Lipinski definition) is 1. The number of H-pyrrole nitrogens is 1. The van der Waals surface area contributed by atoms with Crippen LogP contribution in [0.1, 0.15) is 12.0 Å². The number of ether oxygens (including phenoxy) is 1. The van der Waals surface area contributed by atoms with Gasteiger partial charge in [0.15, 0.2) is 0 Å². The molecule has 154 valence electrons. The number of likely N-dealkylation sites (N-methyl/N-ethyl adjacent to an activating group) is 1. The number of nitrogens with zero attached hydrogens (tertiary/aromatic N) is 2. The summed E-state index contributed by atoms with van der Waals surface area (Å²) in [5, 5.41) is 0. The largest absolute Gasteiger partial charge is 0.465 e. The van der Waals surface area contributed by atoms with E-state index < -0.39 is 16.0 Å². The molecule has 0 aliphatic carbocycles. The zero-order valence-corrected chi connectivity index (χ0v) is 17.1. The van der Waals surface area contributed by atoms with Gasteiger partial charge in [-0.2, -0.15) is 4.31 Å². The molecule has 1 heterocycles. The highest BCUT2D eigenvalue weighted by Gasteiger charge is 2.23. The van der Waals surface area contributed by atoms with Crippen molar-refractivity contribution in [2.24, 2.45) is 0 Å². The molecule has 9 heteroatoms. The lowest BCUT2D eigenvalue weighted by Gasteiger charge is -2.16. The zero-order chi connectivity index (χ0) is 21.0. The van der Waals surface area contributed by atoms with Gasteiger partial charge in [-0.3, -0.25) is 9.36 Å². The highest BCUT2D eigenvalue weighted by molar-refractivity contribution is 7.89. The Bertz CT molecular complexity index is 1160. The molecule has 0 saturated carbocycles. The number of benzene rings is 2. The van der Waals surface area contributed by atoms with Gasteiger partial charge >= 0.3 is 11.7 Å². The number of carbonyl (C=O) groups is 1. The van der Waals surface area contributed by atoms with Crippen molar-refractivity contribution in [1.82, 2.24) is 13.9 Å². The van der Waals surface area contributed by atoms with E-state index in [1.165, 1.54) is 19.2 Å².